The van der Waals surface area contributed by atoms with Gasteiger partial charge < -0.3 is 4.32 Å². The Bertz CT molecular complexity index is 282. The molecule has 0 spiro atoms. The van der Waals surface area contributed by atoms with E-state index >= 15 is 0 Å². The van der Waals surface area contributed by atoms with Gasteiger partial charge in [-0.2, -0.15) is 0 Å². The molecule has 0 unspecified atom stereocenters. The van der Waals surface area contributed by atoms with Crippen molar-refractivity contribution in [2.24, 2.45) is 0 Å². The van der Waals surface area contributed by atoms with Crippen LogP contribution in [0, 0.1) is 0 Å². The summed E-state index contributed by atoms with van der Waals surface area (Å²) >= 11 is 1.87. The average Bonchev–Trinajstić information content (AvgIpc) is 2.46. The highest BCUT2D eigenvalue weighted by Crippen LogP contribution is 2.30. The minimum absolute atomic E-state index is 0.586. The van der Waals surface area contributed by atoms with Gasteiger partial charge in [-0.3, -0.25) is 0 Å². The zero-order valence-corrected chi connectivity index (χ0v) is 8.09. The Hall–Kier alpha value is -0.305. The molecule has 0 bridgehead atoms. The minimum Gasteiger partial charge on any atom is -0.336 e. The van der Waals surface area contributed by atoms with Crippen molar-refractivity contribution in [2.45, 2.75) is 32.4 Å². The summed E-state index contributed by atoms with van der Waals surface area (Å²) in [5.74, 6) is 0. The fraction of sp³-hybridized carbons (Fsp3) is 0.556. The van der Waals surface area contributed by atoms with E-state index in [-0.39, 0.29) is 0 Å². The monoisotopic (exact) mass is 182 g/mol. The van der Waals surface area contributed by atoms with E-state index in [1.54, 1.807) is 0 Å². The van der Waals surface area contributed by atoms with Gasteiger partial charge in [0, 0.05) is 9.75 Å². The maximum atomic E-state index is 13.0. The summed E-state index contributed by atoms with van der Waals surface area (Å²) in [5.41, 5.74) is 1.27. The van der Waals surface area contributed by atoms with Crippen molar-refractivity contribution in [2.75, 3.05) is 0 Å². The van der Waals surface area contributed by atoms with Gasteiger partial charge >= 0.3 is 6.99 Å². The first kappa shape index (κ1) is 8.30. The zero-order valence-electron chi connectivity index (χ0n) is 7.27. The van der Waals surface area contributed by atoms with Crippen LogP contribution in [-0.4, -0.2) is 6.99 Å². The quantitative estimate of drug-likeness (QED) is 0.585. The fourth-order valence-electron chi connectivity index (χ4n) is 1.72. The number of halogens is 1. The average molecular weight is 182 g/mol. The molecule has 1 aromatic heterocycles. The number of hydrogen-bond donors (Lipinski definition) is 0. The second-order valence-electron chi connectivity index (χ2n) is 3.35. The van der Waals surface area contributed by atoms with Crippen LogP contribution in [0.2, 0.25) is 6.32 Å². The summed E-state index contributed by atoms with van der Waals surface area (Å²) in [6, 6.07) is 2.19. The first-order chi connectivity index (χ1) is 5.79. The molecule has 0 fully saturated rings. The molecule has 0 aliphatic carbocycles. The molecular formula is C9H12BFS. The van der Waals surface area contributed by atoms with Crippen LogP contribution in [0.5, 0.6) is 0 Å². The van der Waals surface area contributed by atoms with Crippen LogP contribution in [-0.2, 0) is 19.2 Å². The lowest BCUT2D eigenvalue weighted by Crippen LogP contribution is -2.16. The molecule has 2 rings (SSSR count). The van der Waals surface area contributed by atoms with E-state index in [9.17, 15) is 4.32 Å². The molecule has 0 aromatic carbocycles. The molecule has 2 heterocycles. The molecule has 1 aliphatic heterocycles. The van der Waals surface area contributed by atoms with E-state index in [2.05, 4.69) is 13.0 Å². The van der Waals surface area contributed by atoms with E-state index in [4.69, 9.17) is 0 Å². The summed E-state index contributed by atoms with van der Waals surface area (Å²) in [7, 11) is 0. The van der Waals surface area contributed by atoms with E-state index in [0.717, 1.165) is 19.2 Å². The van der Waals surface area contributed by atoms with Gasteiger partial charge in [0.15, 0.2) is 0 Å². The van der Waals surface area contributed by atoms with Crippen molar-refractivity contribution in [1.29, 1.82) is 0 Å². The van der Waals surface area contributed by atoms with Crippen molar-refractivity contribution in [3.05, 3.63) is 21.4 Å². The lowest BCUT2D eigenvalue weighted by molar-refractivity contribution is 0.785. The maximum Gasteiger partial charge on any atom is 0.353 e. The van der Waals surface area contributed by atoms with Crippen LogP contribution in [0.3, 0.4) is 0 Å². The van der Waals surface area contributed by atoms with Crippen molar-refractivity contribution in [3.63, 3.8) is 0 Å². The van der Waals surface area contributed by atoms with Crippen molar-refractivity contribution < 1.29 is 4.32 Å². The molecule has 3 heteroatoms. The van der Waals surface area contributed by atoms with E-state index in [1.165, 1.54) is 15.3 Å². The molecule has 0 N–H and O–H groups in total. The van der Waals surface area contributed by atoms with Crippen molar-refractivity contribution >= 4 is 18.3 Å². The Morgan fingerprint density at radius 3 is 3.25 bits per heavy atom. The lowest BCUT2D eigenvalue weighted by atomic mass is 9.59. The molecule has 0 amide bonds. The Kier molecular flexibility index (Phi) is 2.22. The van der Waals surface area contributed by atoms with Gasteiger partial charge in [0.25, 0.3) is 0 Å². The summed E-state index contributed by atoms with van der Waals surface area (Å²) in [6.07, 6.45) is 3.44. The summed E-state index contributed by atoms with van der Waals surface area (Å²) < 4.78 is 13.0. The maximum absolute atomic E-state index is 13.0. The topological polar surface area (TPSA) is 0 Å². The third-order valence-corrected chi connectivity index (χ3v) is 3.80. The summed E-state index contributed by atoms with van der Waals surface area (Å²) in [5, 5.41) is 0. The Labute approximate surface area is 76.9 Å². The highest BCUT2D eigenvalue weighted by molar-refractivity contribution is 7.12. The molecule has 64 valence electrons. The normalized spacial score (nSPS) is 16.3. The van der Waals surface area contributed by atoms with Gasteiger partial charge in [0.05, 0.1) is 0 Å². The lowest BCUT2D eigenvalue weighted by Gasteiger charge is -2.10. The van der Waals surface area contributed by atoms with E-state index in [1.807, 2.05) is 11.3 Å². The van der Waals surface area contributed by atoms with E-state index < -0.39 is 6.99 Å². The van der Waals surface area contributed by atoms with Gasteiger partial charge in [-0.15, -0.1) is 11.3 Å². The molecule has 0 saturated heterocycles. The molecular weight excluding hydrogens is 170 g/mol. The third kappa shape index (κ3) is 1.42. The Balaban J connectivity index is 2.28. The van der Waals surface area contributed by atoms with Crippen LogP contribution in [0.15, 0.2) is 6.07 Å². The second-order valence-corrected chi connectivity index (χ2v) is 4.58. The van der Waals surface area contributed by atoms with Gasteiger partial charge in [-0.25, -0.2) is 0 Å². The molecule has 1 aliphatic rings. The number of fused-ring (bicyclic) bond motifs is 1. The smallest absolute Gasteiger partial charge is 0.336 e. The zero-order chi connectivity index (χ0) is 8.55. The highest BCUT2D eigenvalue weighted by atomic mass is 32.1. The van der Waals surface area contributed by atoms with Crippen LogP contribution in [0.4, 0.5) is 4.32 Å². The first-order valence-corrected chi connectivity index (χ1v) is 5.35. The molecule has 0 radical (unpaired) electrons. The van der Waals surface area contributed by atoms with Gasteiger partial charge in [0.1, 0.15) is 0 Å². The molecule has 0 atom stereocenters. The van der Waals surface area contributed by atoms with Crippen LogP contribution < -0.4 is 0 Å². The van der Waals surface area contributed by atoms with Crippen molar-refractivity contribution in [3.8, 4) is 0 Å². The summed E-state index contributed by atoms with van der Waals surface area (Å²) in [6.45, 7) is 1.57. The predicted octanol–water partition coefficient (Wildman–Crippen LogP) is 2.91. The van der Waals surface area contributed by atoms with Crippen LogP contribution in [0.25, 0.3) is 0 Å². The fourth-order valence-corrected chi connectivity index (χ4v) is 2.87. The Morgan fingerprint density at radius 1 is 1.67 bits per heavy atom. The standard InChI is InChI=1S/C9H12BFS/c1-2-8-5-7-6-10(11)4-3-9(7)12-8/h5H,2-4,6H2,1H3. The largest absolute Gasteiger partial charge is 0.353 e. The highest BCUT2D eigenvalue weighted by Gasteiger charge is 2.23. The number of aryl methyl sites for hydroxylation is 2. The third-order valence-electron chi connectivity index (χ3n) is 2.42. The predicted molar refractivity (Wildman–Crippen MR) is 52.8 cm³/mol. The second kappa shape index (κ2) is 3.21. The van der Waals surface area contributed by atoms with E-state index in [0.29, 0.717) is 6.32 Å². The molecule has 12 heavy (non-hydrogen) atoms. The van der Waals surface area contributed by atoms with Crippen LogP contribution in [0.1, 0.15) is 22.2 Å². The van der Waals surface area contributed by atoms with Crippen LogP contribution >= 0.6 is 11.3 Å². The van der Waals surface area contributed by atoms with Gasteiger partial charge in [-0.05, 0) is 37.1 Å². The first-order valence-electron chi connectivity index (χ1n) is 4.54. The number of hydrogen-bond acceptors (Lipinski definition) is 1. The Morgan fingerprint density at radius 2 is 2.50 bits per heavy atom. The molecule has 0 nitrogen and oxygen atoms in total. The SMILES string of the molecule is CCc1cc2c(s1)CCB(F)C2. The van der Waals surface area contributed by atoms with Crippen molar-refractivity contribution in [1.82, 2.24) is 0 Å². The summed E-state index contributed by atoms with van der Waals surface area (Å²) in [4.78, 5) is 2.84. The number of rotatable bonds is 1. The van der Waals surface area contributed by atoms with Gasteiger partial charge in [-0.1, -0.05) is 6.92 Å². The van der Waals surface area contributed by atoms with Gasteiger partial charge in [0.2, 0.25) is 0 Å². The molecule has 0 saturated carbocycles. The number of thiophene rings is 1. The minimum atomic E-state index is -0.586. The molecule has 1 aromatic rings.